The van der Waals surface area contributed by atoms with Crippen molar-refractivity contribution in [3.63, 3.8) is 0 Å². The molecule has 3 aliphatic carbocycles. The van der Waals surface area contributed by atoms with E-state index in [2.05, 4.69) is 30.4 Å². The number of carbonyl (C=O) groups excluding carboxylic acids is 6. The minimum Gasteiger partial charge on any atom is -0.472 e. The van der Waals surface area contributed by atoms with Gasteiger partial charge in [0.1, 0.15) is 24.6 Å². The summed E-state index contributed by atoms with van der Waals surface area (Å²) in [4.78, 5) is 88.1. The molecule has 368 valence electrons. The van der Waals surface area contributed by atoms with Crippen molar-refractivity contribution in [3.8, 4) is 11.8 Å². The molecule has 3 heterocycles. The van der Waals surface area contributed by atoms with Gasteiger partial charge < -0.3 is 9.47 Å². The molecule has 0 fully saturated rings. The Labute approximate surface area is 409 Å². The zero-order valence-electron chi connectivity index (χ0n) is 38.8. The lowest BCUT2D eigenvalue weighted by Gasteiger charge is -2.20. The fraction of sp³-hybridized carbons (Fsp3) is 0.208. The molecule has 0 N–H and O–H groups in total. The first-order valence-electron chi connectivity index (χ1n) is 22.2. The van der Waals surface area contributed by atoms with Crippen molar-refractivity contribution in [2.75, 3.05) is 0 Å². The summed E-state index contributed by atoms with van der Waals surface area (Å²) in [5, 5.41) is 16.0. The minimum atomic E-state index is -4.96. The third kappa shape index (κ3) is 9.50. The van der Waals surface area contributed by atoms with Crippen LogP contribution in [0.25, 0.3) is 0 Å². The van der Waals surface area contributed by atoms with Crippen LogP contribution in [0.2, 0.25) is 0 Å². The second kappa shape index (κ2) is 18.8. The number of hydrogen-bond donors (Lipinski definition) is 0. The topological polar surface area (TPSA) is 198 Å². The summed E-state index contributed by atoms with van der Waals surface area (Å²) in [6, 6.07) is 17.2. The number of carbonyl (C=O) groups is 6. The largest absolute Gasteiger partial charge is 0.472 e. The summed E-state index contributed by atoms with van der Waals surface area (Å²) in [5.41, 5.74) is 0.223. The van der Waals surface area contributed by atoms with Crippen molar-refractivity contribution >= 4 is 34.7 Å². The number of benzene rings is 3. The molecule has 9 rings (SSSR count). The second-order valence-corrected chi connectivity index (χ2v) is 17.5. The summed E-state index contributed by atoms with van der Waals surface area (Å²) in [6.07, 6.45) is -9.09. The highest BCUT2D eigenvalue weighted by atomic mass is 19.4. The predicted molar refractivity (Wildman–Crippen MR) is 244 cm³/mol. The van der Waals surface area contributed by atoms with Crippen molar-refractivity contribution in [2.45, 2.75) is 72.5 Å². The smallest absolute Gasteiger partial charge is 0.421 e. The Bertz CT molecular complexity index is 3520. The van der Waals surface area contributed by atoms with Gasteiger partial charge in [-0.15, -0.1) is 10.2 Å². The molecule has 0 saturated heterocycles. The van der Waals surface area contributed by atoms with Crippen LogP contribution in [0, 0.1) is 6.92 Å². The van der Waals surface area contributed by atoms with Crippen LogP contribution in [0.1, 0.15) is 128 Å². The van der Waals surface area contributed by atoms with Gasteiger partial charge in [0.15, 0.2) is 34.7 Å². The fourth-order valence-corrected chi connectivity index (χ4v) is 8.66. The fourth-order valence-electron chi connectivity index (χ4n) is 8.66. The minimum absolute atomic E-state index is 0.00104. The lowest BCUT2D eigenvalue weighted by molar-refractivity contribution is -0.140. The summed E-state index contributed by atoms with van der Waals surface area (Å²) in [7, 11) is 0. The van der Waals surface area contributed by atoms with E-state index in [0.29, 0.717) is 35.3 Å². The molecule has 73 heavy (non-hydrogen) atoms. The molecular formula is C53H36F6N6O8. The number of allylic oxidation sites excluding steroid dienone is 6. The summed E-state index contributed by atoms with van der Waals surface area (Å²) >= 11 is 0. The van der Waals surface area contributed by atoms with Crippen LogP contribution in [-0.4, -0.2) is 65.1 Å². The summed E-state index contributed by atoms with van der Waals surface area (Å²) in [5.74, 6) is -3.64. The third-order valence-corrected chi connectivity index (χ3v) is 12.7. The Morgan fingerprint density at radius 2 is 0.877 bits per heavy atom. The number of Topliss-reactive ketones (excluding diaryl/α,β-unsaturated/α-hetero) is 6. The zero-order valence-corrected chi connectivity index (χ0v) is 38.8. The number of ketones is 6. The van der Waals surface area contributed by atoms with Crippen LogP contribution < -0.4 is 9.47 Å². The van der Waals surface area contributed by atoms with Crippen molar-refractivity contribution in [2.24, 2.45) is 0 Å². The monoisotopic (exact) mass is 998 g/mol. The third-order valence-electron chi connectivity index (χ3n) is 12.7. The predicted octanol–water partition coefficient (Wildman–Crippen LogP) is 9.38. The molecule has 0 radical (unpaired) electrons. The molecule has 3 aliphatic rings. The highest BCUT2D eigenvalue weighted by molar-refractivity contribution is 6.28. The first kappa shape index (κ1) is 49.3. The number of aromatic nitrogens is 6. The molecule has 14 nitrogen and oxygen atoms in total. The number of alkyl halides is 6. The SMILES string of the molecule is CC1=C(Cc2cc(C)c(OCc3ccc4c(c3)C(=O)C(C)=C(Cc3ncc(C(F)(F)F)cn3)C4=O)nn2)C(=O)c2ccc(COc3nnc(CC4=C(C)C(=O)c5ccccc5C4=O)cc3C(F)(F)F)cc2C1=O. The highest BCUT2D eigenvalue weighted by Crippen LogP contribution is 2.38. The first-order valence-corrected chi connectivity index (χ1v) is 22.2. The lowest BCUT2D eigenvalue weighted by atomic mass is 9.82. The van der Waals surface area contributed by atoms with E-state index in [1.54, 1.807) is 31.2 Å². The van der Waals surface area contributed by atoms with E-state index in [-0.39, 0.29) is 116 Å². The van der Waals surface area contributed by atoms with Gasteiger partial charge in [0.05, 0.1) is 17.0 Å². The maximum absolute atomic E-state index is 14.4. The molecule has 0 spiro atoms. The molecule has 0 bridgehead atoms. The van der Waals surface area contributed by atoms with E-state index < -0.39 is 70.7 Å². The maximum Gasteiger partial charge on any atom is 0.421 e. The number of hydrogen-bond acceptors (Lipinski definition) is 14. The molecule has 0 atom stereocenters. The molecule has 0 aliphatic heterocycles. The summed E-state index contributed by atoms with van der Waals surface area (Å²) < 4.78 is 93.5. The van der Waals surface area contributed by atoms with Gasteiger partial charge in [0, 0.05) is 104 Å². The van der Waals surface area contributed by atoms with E-state index in [0.717, 1.165) is 0 Å². The molecule has 20 heteroatoms. The maximum atomic E-state index is 14.4. The van der Waals surface area contributed by atoms with Crippen LogP contribution in [0.15, 0.2) is 119 Å². The average molecular weight is 999 g/mol. The number of nitrogens with zero attached hydrogens (tertiary/aromatic N) is 6. The lowest BCUT2D eigenvalue weighted by Crippen LogP contribution is -2.23. The van der Waals surface area contributed by atoms with Gasteiger partial charge in [-0.3, -0.25) is 28.8 Å². The van der Waals surface area contributed by atoms with Crippen LogP contribution in [-0.2, 0) is 44.8 Å². The van der Waals surface area contributed by atoms with E-state index >= 15 is 0 Å². The Morgan fingerprint density at radius 1 is 0.452 bits per heavy atom. The summed E-state index contributed by atoms with van der Waals surface area (Å²) in [6.45, 7) is 5.45. The van der Waals surface area contributed by atoms with Crippen LogP contribution in [0.4, 0.5) is 26.3 Å². The van der Waals surface area contributed by atoms with E-state index in [9.17, 15) is 55.1 Å². The highest BCUT2D eigenvalue weighted by Gasteiger charge is 2.38. The Morgan fingerprint density at radius 3 is 1.36 bits per heavy atom. The second-order valence-electron chi connectivity index (χ2n) is 17.5. The normalized spacial score (nSPS) is 15.0. The van der Waals surface area contributed by atoms with Gasteiger partial charge in [-0.05, 0) is 75.2 Å². The first-order chi connectivity index (χ1) is 34.6. The van der Waals surface area contributed by atoms with E-state index in [1.165, 1.54) is 63.2 Å². The molecule has 0 saturated carbocycles. The molecule has 0 unspecified atom stereocenters. The van der Waals surface area contributed by atoms with Crippen LogP contribution >= 0.6 is 0 Å². The van der Waals surface area contributed by atoms with Gasteiger partial charge in [-0.2, -0.15) is 36.5 Å². The van der Waals surface area contributed by atoms with E-state index in [1.807, 2.05) is 0 Å². The molecule has 6 aromatic rings. The van der Waals surface area contributed by atoms with Gasteiger partial charge in [-0.1, -0.05) is 36.4 Å². The number of aryl methyl sites for hydroxylation is 1. The van der Waals surface area contributed by atoms with E-state index in [4.69, 9.17) is 9.47 Å². The van der Waals surface area contributed by atoms with Gasteiger partial charge in [0.2, 0.25) is 11.8 Å². The number of halogens is 6. The Balaban J connectivity index is 0.839. The van der Waals surface area contributed by atoms with Crippen LogP contribution in [0.3, 0.4) is 0 Å². The molecule has 3 aromatic heterocycles. The van der Waals surface area contributed by atoms with Crippen LogP contribution in [0.5, 0.6) is 11.8 Å². The Kier molecular flexibility index (Phi) is 12.7. The number of ether oxygens (including phenoxy) is 2. The van der Waals surface area contributed by atoms with Crippen molar-refractivity contribution in [1.29, 1.82) is 0 Å². The molecule has 3 aromatic carbocycles. The average Bonchev–Trinajstić information content (AvgIpc) is 3.36. The standard InChI is InChI=1S/C53H36F6N6O8/c1-24-13-31(62-64-50(24)72-22-28-9-12-36-41(14-28)46(68)27(4)39(49(36)71)19-43-60-20-30(21-61-43)52(54,55)56)16-37-26(3)45(67)40-15-29(10-11-35(40)48(37)70)23-73-51-42(53(57,58)59)18-32(63-65-51)17-38-25(2)44(66)33-7-5-6-8-34(33)47(38)69/h5-15,18,20-21H,16-17,19,22-23H2,1-4H3. The van der Waals surface area contributed by atoms with Crippen molar-refractivity contribution < 1.29 is 64.6 Å². The quantitative estimate of drug-likeness (QED) is 0.105. The van der Waals surface area contributed by atoms with Gasteiger partial charge in [0.25, 0.3) is 0 Å². The van der Waals surface area contributed by atoms with Gasteiger partial charge >= 0.3 is 12.4 Å². The molecular weight excluding hydrogens is 963 g/mol. The zero-order chi connectivity index (χ0) is 52.3. The van der Waals surface area contributed by atoms with Crippen molar-refractivity contribution in [3.05, 3.63) is 197 Å². The molecule has 0 amide bonds. The number of rotatable bonds is 12. The van der Waals surface area contributed by atoms with Gasteiger partial charge in [-0.25, -0.2) is 9.97 Å². The number of fused-ring (bicyclic) bond motifs is 3. The van der Waals surface area contributed by atoms with Crippen molar-refractivity contribution in [1.82, 2.24) is 30.4 Å². The Hall–Kier alpha value is -8.68.